The van der Waals surface area contributed by atoms with Gasteiger partial charge in [0.05, 0.1) is 0 Å². The first-order valence-electron chi connectivity index (χ1n) is 6.66. The fraction of sp³-hybridized carbons (Fsp3) is 0.692. The Labute approximate surface area is 114 Å². The monoisotopic (exact) mass is 268 g/mol. The lowest BCUT2D eigenvalue weighted by molar-refractivity contribution is 0.748. The second-order valence-electron chi connectivity index (χ2n) is 4.17. The lowest BCUT2D eigenvalue weighted by Crippen LogP contribution is -2.08. The molecule has 0 aliphatic heterocycles. The van der Waals surface area contributed by atoms with Gasteiger partial charge in [-0.1, -0.05) is 13.3 Å². The van der Waals surface area contributed by atoms with Crippen LogP contribution in [0.1, 0.15) is 32.6 Å². The molecule has 0 amide bonds. The molecule has 0 atom stereocenters. The molecule has 0 saturated heterocycles. The summed E-state index contributed by atoms with van der Waals surface area (Å²) in [5, 5.41) is 6.53. The maximum Gasteiger partial charge on any atom is 0.224 e. The van der Waals surface area contributed by atoms with Crippen molar-refractivity contribution in [2.24, 2.45) is 0 Å². The quantitative estimate of drug-likeness (QED) is 0.638. The van der Waals surface area contributed by atoms with Crippen molar-refractivity contribution < 1.29 is 0 Å². The fourth-order valence-electron chi connectivity index (χ4n) is 1.54. The maximum atomic E-state index is 4.41. The van der Waals surface area contributed by atoms with Gasteiger partial charge in [0.1, 0.15) is 5.82 Å². The first-order chi connectivity index (χ1) is 8.86. The van der Waals surface area contributed by atoms with Crippen LogP contribution in [0.25, 0.3) is 0 Å². The number of nitrogens with zero attached hydrogens (tertiary/aromatic N) is 2. The molecule has 18 heavy (non-hydrogen) atoms. The SMILES string of the molecule is CCCNc1nccc(NCCCCCSC)n1. The second-order valence-corrected chi connectivity index (χ2v) is 5.16. The lowest BCUT2D eigenvalue weighted by Gasteiger charge is -2.07. The van der Waals surface area contributed by atoms with Crippen LogP contribution < -0.4 is 10.6 Å². The standard InChI is InChI=1S/C13H24N4S/c1-3-8-15-13-16-10-7-12(17-13)14-9-5-4-6-11-18-2/h7,10H,3-6,8-9,11H2,1-2H3,(H2,14,15,16,17). The van der Waals surface area contributed by atoms with Crippen molar-refractivity contribution >= 4 is 23.5 Å². The normalized spacial score (nSPS) is 10.3. The van der Waals surface area contributed by atoms with Crippen LogP contribution >= 0.6 is 11.8 Å². The van der Waals surface area contributed by atoms with Crippen molar-refractivity contribution in [3.63, 3.8) is 0 Å². The van der Waals surface area contributed by atoms with E-state index in [0.29, 0.717) is 5.95 Å². The van der Waals surface area contributed by atoms with E-state index in [1.807, 2.05) is 17.8 Å². The van der Waals surface area contributed by atoms with E-state index < -0.39 is 0 Å². The van der Waals surface area contributed by atoms with Crippen LogP contribution in [0, 0.1) is 0 Å². The van der Waals surface area contributed by atoms with Gasteiger partial charge in [0, 0.05) is 19.3 Å². The molecule has 0 bridgehead atoms. The van der Waals surface area contributed by atoms with Gasteiger partial charge >= 0.3 is 0 Å². The van der Waals surface area contributed by atoms with E-state index in [2.05, 4.69) is 33.8 Å². The van der Waals surface area contributed by atoms with E-state index in [9.17, 15) is 0 Å². The molecule has 1 aromatic heterocycles. The molecular weight excluding hydrogens is 244 g/mol. The average Bonchev–Trinajstić information content (AvgIpc) is 2.41. The van der Waals surface area contributed by atoms with Gasteiger partial charge in [0.25, 0.3) is 0 Å². The summed E-state index contributed by atoms with van der Waals surface area (Å²) in [6.07, 6.45) is 8.81. The molecule has 1 heterocycles. The number of thioether (sulfide) groups is 1. The third kappa shape index (κ3) is 6.69. The fourth-order valence-corrected chi connectivity index (χ4v) is 2.04. The highest BCUT2D eigenvalue weighted by molar-refractivity contribution is 7.98. The van der Waals surface area contributed by atoms with Crippen LogP contribution in [-0.4, -0.2) is 35.1 Å². The highest BCUT2D eigenvalue weighted by Crippen LogP contribution is 2.07. The van der Waals surface area contributed by atoms with Crippen molar-refractivity contribution in [3.8, 4) is 0 Å². The molecule has 0 radical (unpaired) electrons. The number of aromatic nitrogens is 2. The van der Waals surface area contributed by atoms with Crippen molar-refractivity contribution in [3.05, 3.63) is 12.3 Å². The zero-order valence-corrected chi connectivity index (χ0v) is 12.2. The predicted octanol–water partition coefficient (Wildman–Crippen LogP) is 3.24. The van der Waals surface area contributed by atoms with Crippen molar-refractivity contribution in [1.82, 2.24) is 9.97 Å². The van der Waals surface area contributed by atoms with E-state index in [0.717, 1.165) is 25.3 Å². The van der Waals surface area contributed by atoms with Gasteiger partial charge in [-0.15, -0.1) is 0 Å². The van der Waals surface area contributed by atoms with E-state index in [-0.39, 0.29) is 0 Å². The van der Waals surface area contributed by atoms with Gasteiger partial charge in [-0.25, -0.2) is 4.98 Å². The predicted molar refractivity (Wildman–Crippen MR) is 81.5 cm³/mol. The maximum absolute atomic E-state index is 4.41. The Kier molecular flexibility index (Phi) is 8.38. The zero-order valence-electron chi connectivity index (χ0n) is 11.4. The molecule has 0 aliphatic carbocycles. The van der Waals surface area contributed by atoms with Gasteiger partial charge in [-0.3, -0.25) is 0 Å². The van der Waals surface area contributed by atoms with E-state index in [1.165, 1.54) is 25.0 Å². The lowest BCUT2D eigenvalue weighted by atomic mass is 10.2. The van der Waals surface area contributed by atoms with Crippen LogP contribution in [0.2, 0.25) is 0 Å². The number of hydrogen-bond acceptors (Lipinski definition) is 5. The summed E-state index contributed by atoms with van der Waals surface area (Å²) in [6.45, 7) is 4.03. The zero-order chi connectivity index (χ0) is 13.1. The Hall–Kier alpha value is -0.970. The molecule has 0 saturated carbocycles. The summed E-state index contributed by atoms with van der Waals surface area (Å²) in [5.74, 6) is 2.89. The largest absolute Gasteiger partial charge is 0.370 e. The van der Waals surface area contributed by atoms with Crippen LogP contribution in [-0.2, 0) is 0 Å². The summed E-state index contributed by atoms with van der Waals surface area (Å²) in [7, 11) is 0. The highest BCUT2D eigenvalue weighted by atomic mass is 32.2. The summed E-state index contributed by atoms with van der Waals surface area (Å²) >= 11 is 1.92. The smallest absolute Gasteiger partial charge is 0.224 e. The van der Waals surface area contributed by atoms with E-state index in [4.69, 9.17) is 0 Å². The van der Waals surface area contributed by atoms with Gasteiger partial charge in [-0.2, -0.15) is 16.7 Å². The minimum atomic E-state index is 0.712. The summed E-state index contributed by atoms with van der Waals surface area (Å²) in [4.78, 5) is 8.59. The molecule has 1 rings (SSSR count). The molecule has 0 unspecified atom stereocenters. The van der Waals surface area contributed by atoms with Crippen molar-refractivity contribution in [2.75, 3.05) is 35.7 Å². The molecule has 0 fully saturated rings. The van der Waals surface area contributed by atoms with Gasteiger partial charge in [0.15, 0.2) is 0 Å². The number of rotatable bonds is 10. The van der Waals surface area contributed by atoms with Crippen LogP contribution in [0.5, 0.6) is 0 Å². The van der Waals surface area contributed by atoms with E-state index in [1.54, 1.807) is 6.20 Å². The molecule has 102 valence electrons. The minimum Gasteiger partial charge on any atom is -0.370 e. The molecule has 2 N–H and O–H groups in total. The minimum absolute atomic E-state index is 0.712. The molecule has 0 aromatic carbocycles. The third-order valence-corrected chi connectivity index (χ3v) is 3.22. The molecule has 5 heteroatoms. The van der Waals surface area contributed by atoms with Crippen LogP contribution in [0.3, 0.4) is 0 Å². The Morgan fingerprint density at radius 1 is 1.17 bits per heavy atom. The first kappa shape index (κ1) is 15.1. The highest BCUT2D eigenvalue weighted by Gasteiger charge is 1.97. The Morgan fingerprint density at radius 2 is 2.06 bits per heavy atom. The van der Waals surface area contributed by atoms with Gasteiger partial charge in [-0.05, 0) is 37.3 Å². The van der Waals surface area contributed by atoms with Crippen molar-refractivity contribution in [1.29, 1.82) is 0 Å². The third-order valence-electron chi connectivity index (χ3n) is 2.52. The second kappa shape index (κ2) is 10.00. The number of unbranched alkanes of at least 4 members (excludes halogenated alkanes) is 2. The Balaban J connectivity index is 2.20. The average molecular weight is 268 g/mol. The molecule has 4 nitrogen and oxygen atoms in total. The molecule has 1 aromatic rings. The Morgan fingerprint density at radius 3 is 2.83 bits per heavy atom. The first-order valence-corrected chi connectivity index (χ1v) is 8.06. The van der Waals surface area contributed by atoms with Crippen LogP contribution in [0.15, 0.2) is 12.3 Å². The molecule has 0 spiro atoms. The summed E-state index contributed by atoms with van der Waals surface area (Å²) in [5.41, 5.74) is 0. The van der Waals surface area contributed by atoms with Gasteiger partial charge < -0.3 is 10.6 Å². The van der Waals surface area contributed by atoms with E-state index >= 15 is 0 Å². The number of anilines is 2. The Bertz CT molecular complexity index is 320. The van der Waals surface area contributed by atoms with Crippen molar-refractivity contribution in [2.45, 2.75) is 32.6 Å². The number of nitrogens with one attached hydrogen (secondary N) is 2. The topological polar surface area (TPSA) is 49.8 Å². The summed E-state index contributed by atoms with van der Waals surface area (Å²) < 4.78 is 0. The van der Waals surface area contributed by atoms with Crippen LogP contribution in [0.4, 0.5) is 11.8 Å². The molecule has 0 aliphatic rings. The number of hydrogen-bond donors (Lipinski definition) is 2. The molecular formula is C13H24N4S. The van der Waals surface area contributed by atoms with Gasteiger partial charge in [0.2, 0.25) is 5.95 Å². The summed E-state index contributed by atoms with van der Waals surface area (Å²) in [6, 6.07) is 1.92.